The molecule has 0 bridgehead atoms. The minimum Gasteiger partial charge on any atom is -0.394 e. The Labute approximate surface area is 142 Å². The average molecular weight is 333 g/mol. The fraction of sp³-hybridized carbons (Fsp3) is 0.706. The molecule has 1 saturated heterocycles. The zero-order chi connectivity index (χ0) is 17.1. The summed E-state index contributed by atoms with van der Waals surface area (Å²) in [6.07, 6.45) is 3.30. The summed E-state index contributed by atoms with van der Waals surface area (Å²) in [5.41, 5.74) is 3.52. The Morgan fingerprint density at radius 2 is 2.12 bits per heavy atom. The molecule has 24 heavy (non-hydrogen) atoms. The largest absolute Gasteiger partial charge is 0.394 e. The van der Waals surface area contributed by atoms with Gasteiger partial charge in [0.2, 0.25) is 5.89 Å². The minimum atomic E-state index is 0.122. The van der Waals surface area contributed by atoms with Gasteiger partial charge in [0.05, 0.1) is 18.8 Å². The minimum absolute atomic E-state index is 0.122. The molecule has 0 aliphatic carbocycles. The maximum absolute atomic E-state index is 9.15. The molecular weight excluding hydrogens is 306 g/mol. The predicted molar refractivity (Wildman–Crippen MR) is 89.5 cm³/mol. The van der Waals surface area contributed by atoms with Gasteiger partial charge in [-0.1, -0.05) is 5.16 Å². The lowest BCUT2D eigenvalue weighted by molar-refractivity contribution is 0.164. The summed E-state index contributed by atoms with van der Waals surface area (Å²) < 4.78 is 6.99. The van der Waals surface area contributed by atoms with Crippen molar-refractivity contribution in [3.05, 3.63) is 28.7 Å². The molecule has 7 nitrogen and oxygen atoms in total. The van der Waals surface area contributed by atoms with Crippen LogP contribution in [0.25, 0.3) is 0 Å². The van der Waals surface area contributed by atoms with Crippen LogP contribution in [0.5, 0.6) is 0 Å². The van der Waals surface area contributed by atoms with Crippen molar-refractivity contribution in [2.75, 3.05) is 19.7 Å². The highest BCUT2D eigenvalue weighted by atomic mass is 16.5. The van der Waals surface area contributed by atoms with Crippen molar-refractivity contribution in [1.82, 2.24) is 24.8 Å². The number of aliphatic hydroxyl groups is 1. The Hall–Kier alpha value is -1.73. The van der Waals surface area contributed by atoms with Crippen LogP contribution in [0.4, 0.5) is 0 Å². The van der Waals surface area contributed by atoms with Gasteiger partial charge in [-0.2, -0.15) is 10.1 Å². The molecule has 1 aliphatic heterocycles. The van der Waals surface area contributed by atoms with Crippen molar-refractivity contribution in [2.45, 2.75) is 53.1 Å². The van der Waals surface area contributed by atoms with Gasteiger partial charge < -0.3 is 9.63 Å². The van der Waals surface area contributed by atoms with Gasteiger partial charge in [0.25, 0.3) is 0 Å². The van der Waals surface area contributed by atoms with Gasteiger partial charge >= 0.3 is 0 Å². The number of hydrogen-bond donors (Lipinski definition) is 1. The van der Waals surface area contributed by atoms with E-state index in [-0.39, 0.29) is 6.61 Å². The molecule has 0 radical (unpaired) electrons. The van der Waals surface area contributed by atoms with Gasteiger partial charge in [-0.15, -0.1) is 0 Å². The van der Waals surface area contributed by atoms with E-state index < -0.39 is 0 Å². The fourth-order valence-electron chi connectivity index (χ4n) is 3.64. The fourth-order valence-corrected chi connectivity index (χ4v) is 3.64. The van der Waals surface area contributed by atoms with E-state index in [2.05, 4.69) is 34.0 Å². The van der Waals surface area contributed by atoms with E-state index in [1.165, 1.54) is 18.4 Å². The average Bonchev–Trinajstić information content (AvgIpc) is 3.07. The second-order valence-corrected chi connectivity index (χ2v) is 6.77. The van der Waals surface area contributed by atoms with Crippen LogP contribution in [-0.2, 0) is 19.5 Å². The third-order valence-electron chi connectivity index (χ3n) is 4.87. The van der Waals surface area contributed by atoms with Gasteiger partial charge in [-0.05, 0) is 39.2 Å². The van der Waals surface area contributed by atoms with Crippen molar-refractivity contribution in [3.63, 3.8) is 0 Å². The zero-order valence-corrected chi connectivity index (χ0v) is 14.8. The molecule has 132 valence electrons. The van der Waals surface area contributed by atoms with E-state index in [4.69, 9.17) is 9.63 Å². The number of rotatable bonds is 6. The molecule has 3 rings (SSSR count). The topological polar surface area (TPSA) is 80.2 Å². The summed E-state index contributed by atoms with van der Waals surface area (Å²) in [5.74, 6) is 2.03. The molecule has 7 heteroatoms. The Bertz CT molecular complexity index is 679. The lowest BCUT2D eigenvalue weighted by atomic mass is 9.94. The lowest BCUT2D eigenvalue weighted by Gasteiger charge is -2.32. The van der Waals surface area contributed by atoms with Crippen LogP contribution in [0, 0.1) is 26.7 Å². The van der Waals surface area contributed by atoms with Crippen molar-refractivity contribution >= 4 is 0 Å². The highest BCUT2D eigenvalue weighted by Crippen LogP contribution is 2.23. The predicted octanol–water partition coefficient (Wildman–Crippen LogP) is 1.64. The first kappa shape index (κ1) is 17.1. The molecule has 0 spiro atoms. The first-order valence-corrected chi connectivity index (χ1v) is 8.72. The molecule has 3 heterocycles. The zero-order valence-electron chi connectivity index (χ0n) is 14.8. The van der Waals surface area contributed by atoms with Crippen LogP contribution in [0.3, 0.4) is 0 Å². The normalized spacial score (nSPS) is 19.1. The van der Waals surface area contributed by atoms with Crippen LogP contribution in [-0.4, -0.2) is 49.6 Å². The van der Waals surface area contributed by atoms with E-state index in [0.717, 1.165) is 43.3 Å². The molecule has 1 unspecified atom stereocenters. The molecule has 2 aromatic rings. The third kappa shape index (κ3) is 3.84. The number of nitrogens with zero attached hydrogens (tertiary/aromatic N) is 5. The molecule has 1 N–H and O–H groups in total. The Balaban J connectivity index is 1.63. The van der Waals surface area contributed by atoms with E-state index in [1.807, 2.05) is 11.6 Å². The van der Waals surface area contributed by atoms with E-state index in [0.29, 0.717) is 18.4 Å². The van der Waals surface area contributed by atoms with Gasteiger partial charge in [-0.3, -0.25) is 9.58 Å². The molecule has 1 fully saturated rings. The van der Waals surface area contributed by atoms with Crippen molar-refractivity contribution in [3.8, 4) is 0 Å². The summed E-state index contributed by atoms with van der Waals surface area (Å²) in [5, 5.41) is 17.7. The van der Waals surface area contributed by atoms with Crippen molar-refractivity contribution < 1.29 is 9.63 Å². The number of hydrogen-bond acceptors (Lipinski definition) is 6. The van der Waals surface area contributed by atoms with Gasteiger partial charge in [0.15, 0.2) is 5.82 Å². The monoisotopic (exact) mass is 333 g/mol. The standard InChI is InChI=1S/C17H27N5O2/c1-12-16(13(2)22(19-12)7-8-23)11-21-6-4-5-15(10-21)9-17-18-14(3)24-20-17/h15,23H,4-11H2,1-3H3. The molecule has 1 aliphatic rings. The number of aliphatic hydroxyl groups excluding tert-OH is 1. The van der Waals surface area contributed by atoms with Crippen LogP contribution in [0.1, 0.15) is 41.5 Å². The lowest BCUT2D eigenvalue weighted by Crippen LogP contribution is -2.36. The maximum atomic E-state index is 9.15. The summed E-state index contributed by atoms with van der Waals surface area (Å²) in [7, 11) is 0. The van der Waals surface area contributed by atoms with Gasteiger partial charge in [-0.25, -0.2) is 0 Å². The number of piperidine rings is 1. The highest BCUT2D eigenvalue weighted by molar-refractivity contribution is 5.24. The van der Waals surface area contributed by atoms with Crippen LogP contribution in [0.2, 0.25) is 0 Å². The summed E-state index contributed by atoms with van der Waals surface area (Å²) in [6.45, 7) is 9.76. The third-order valence-corrected chi connectivity index (χ3v) is 4.87. The first-order valence-electron chi connectivity index (χ1n) is 8.72. The number of aromatic nitrogens is 4. The molecule has 1 atom stereocenters. The van der Waals surface area contributed by atoms with Gasteiger partial charge in [0.1, 0.15) is 0 Å². The maximum Gasteiger partial charge on any atom is 0.223 e. The second kappa shape index (κ2) is 7.44. The Kier molecular flexibility index (Phi) is 5.30. The second-order valence-electron chi connectivity index (χ2n) is 6.77. The summed E-state index contributed by atoms with van der Waals surface area (Å²) in [6, 6.07) is 0. The number of aryl methyl sites for hydroxylation is 2. The molecular formula is C17H27N5O2. The van der Waals surface area contributed by atoms with E-state index in [9.17, 15) is 0 Å². The summed E-state index contributed by atoms with van der Waals surface area (Å²) in [4.78, 5) is 6.83. The quantitative estimate of drug-likeness (QED) is 0.865. The Morgan fingerprint density at radius 1 is 1.29 bits per heavy atom. The van der Waals surface area contributed by atoms with Gasteiger partial charge in [0, 0.05) is 37.7 Å². The first-order chi connectivity index (χ1) is 11.6. The highest BCUT2D eigenvalue weighted by Gasteiger charge is 2.23. The molecule has 0 saturated carbocycles. The SMILES string of the molecule is Cc1nc(CC2CCCN(Cc3c(C)nn(CCO)c3C)C2)no1. The Morgan fingerprint density at radius 3 is 2.83 bits per heavy atom. The smallest absolute Gasteiger partial charge is 0.223 e. The molecule has 2 aromatic heterocycles. The van der Waals surface area contributed by atoms with E-state index in [1.54, 1.807) is 0 Å². The van der Waals surface area contributed by atoms with Crippen molar-refractivity contribution in [1.29, 1.82) is 0 Å². The van der Waals surface area contributed by atoms with Crippen LogP contribution >= 0.6 is 0 Å². The number of likely N-dealkylation sites (tertiary alicyclic amines) is 1. The van der Waals surface area contributed by atoms with Crippen molar-refractivity contribution in [2.24, 2.45) is 5.92 Å². The van der Waals surface area contributed by atoms with E-state index >= 15 is 0 Å². The summed E-state index contributed by atoms with van der Waals surface area (Å²) >= 11 is 0. The molecule has 0 aromatic carbocycles. The van der Waals surface area contributed by atoms with Crippen LogP contribution in [0.15, 0.2) is 4.52 Å². The molecule has 0 amide bonds. The van der Waals surface area contributed by atoms with Crippen LogP contribution < -0.4 is 0 Å².